The van der Waals surface area contributed by atoms with Crippen molar-refractivity contribution in [2.24, 2.45) is 11.7 Å². The first kappa shape index (κ1) is 17.2. The number of carbonyl (C=O) groups is 1. The van der Waals surface area contributed by atoms with Crippen LogP contribution in [0.5, 0.6) is 0 Å². The summed E-state index contributed by atoms with van der Waals surface area (Å²) in [6.45, 7) is 4.92. The van der Waals surface area contributed by atoms with Crippen molar-refractivity contribution in [2.75, 3.05) is 20.3 Å². The molecule has 2 unspecified atom stereocenters. The summed E-state index contributed by atoms with van der Waals surface area (Å²) in [7, 11) is 1.64. The van der Waals surface area contributed by atoms with Crippen molar-refractivity contribution in [3.05, 3.63) is 35.4 Å². The van der Waals surface area contributed by atoms with Crippen LogP contribution in [-0.4, -0.2) is 26.2 Å². The third kappa shape index (κ3) is 6.44. The second-order valence-corrected chi connectivity index (χ2v) is 5.18. The molecular weight excluding hydrogens is 264 g/mol. The second-order valence-electron chi connectivity index (χ2n) is 5.18. The standard InChI is InChI=1S/C17H24N2O2/c1-13(12-21-3)11-17(20)19-14(2)16-8-6-15(7-9-16)5-4-10-18/h6-9,13-14H,10-12,18H2,1-3H3,(H,19,20). The monoisotopic (exact) mass is 288 g/mol. The number of benzene rings is 1. The van der Waals surface area contributed by atoms with Crippen molar-refractivity contribution in [1.29, 1.82) is 0 Å². The van der Waals surface area contributed by atoms with E-state index in [0.29, 0.717) is 19.6 Å². The Bertz CT molecular complexity index is 500. The number of nitrogens with one attached hydrogen (secondary N) is 1. The Morgan fingerprint density at radius 3 is 2.57 bits per heavy atom. The van der Waals surface area contributed by atoms with Gasteiger partial charge in [0.05, 0.1) is 12.6 Å². The zero-order valence-electron chi connectivity index (χ0n) is 13.0. The van der Waals surface area contributed by atoms with Crippen LogP contribution in [0, 0.1) is 17.8 Å². The molecule has 3 N–H and O–H groups in total. The predicted octanol–water partition coefficient (Wildman–Crippen LogP) is 1.85. The lowest BCUT2D eigenvalue weighted by Gasteiger charge is -2.16. The van der Waals surface area contributed by atoms with Crippen molar-refractivity contribution in [3.63, 3.8) is 0 Å². The van der Waals surface area contributed by atoms with E-state index in [1.165, 1.54) is 0 Å². The lowest BCUT2D eigenvalue weighted by molar-refractivity contribution is -0.122. The smallest absolute Gasteiger partial charge is 0.220 e. The molecule has 0 aliphatic heterocycles. The molecule has 1 rings (SSSR count). The van der Waals surface area contributed by atoms with Crippen LogP contribution < -0.4 is 11.1 Å². The van der Waals surface area contributed by atoms with Crippen LogP contribution in [0.4, 0.5) is 0 Å². The number of ether oxygens (including phenoxy) is 1. The third-order valence-electron chi connectivity index (χ3n) is 3.11. The summed E-state index contributed by atoms with van der Waals surface area (Å²) in [5, 5.41) is 3.00. The van der Waals surface area contributed by atoms with Crippen LogP contribution >= 0.6 is 0 Å². The first-order valence-corrected chi connectivity index (χ1v) is 7.14. The van der Waals surface area contributed by atoms with Crippen LogP contribution in [0.25, 0.3) is 0 Å². The van der Waals surface area contributed by atoms with Gasteiger partial charge in [-0.3, -0.25) is 4.79 Å². The first-order valence-electron chi connectivity index (χ1n) is 7.14. The van der Waals surface area contributed by atoms with Crippen LogP contribution in [0.3, 0.4) is 0 Å². The van der Waals surface area contributed by atoms with Gasteiger partial charge < -0.3 is 15.8 Å². The molecule has 0 aliphatic rings. The fourth-order valence-corrected chi connectivity index (χ4v) is 2.05. The van der Waals surface area contributed by atoms with Crippen molar-refractivity contribution >= 4 is 5.91 Å². The van der Waals surface area contributed by atoms with Gasteiger partial charge in [-0.25, -0.2) is 0 Å². The molecule has 4 heteroatoms. The summed E-state index contributed by atoms with van der Waals surface area (Å²) in [5.41, 5.74) is 7.32. The molecule has 4 nitrogen and oxygen atoms in total. The van der Waals surface area contributed by atoms with Gasteiger partial charge in [-0.2, -0.15) is 0 Å². The van der Waals surface area contributed by atoms with Gasteiger partial charge >= 0.3 is 0 Å². The minimum Gasteiger partial charge on any atom is -0.384 e. The molecule has 0 radical (unpaired) electrons. The fraction of sp³-hybridized carbons (Fsp3) is 0.471. The van der Waals surface area contributed by atoms with Gasteiger partial charge in [0.25, 0.3) is 0 Å². The largest absolute Gasteiger partial charge is 0.384 e. The van der Waals surface area contributed by atoms with Crippen molar-refractivity contribution in [1.82, 2.24) is 5.32 Å². The minimum absolute atomic E-state index is 0.0243. The Hall–Kier alpha value is -1.83. The number of amides is 1. The van der Waals surface area contributed by atoms with E-state index >= 15 is 0 Å². The van der Waals surface area contributed by atoms with Gasteiger partial charge in [0.1, 0.15) is 0 Å². The normalized spacial score (nSPS) is 13.0. The molecule has 21 heavy (non-hydrogen) atoms. The SMILES string of the molecule is COCC(C)CC(=O)NC(C)c1ccc(C#CCN)cc1. The van der Waals surface area contributed by atoms with E-state index in [2.05, 4.69) is 17.2 Å². The lowest BCUT2D eigenvalue weighted by atomic mass is 10.0. The fourth-order valence-electron chi connectivity index (χ4n) is 2.05. The van der Waals surface area contributed by atoms with E-state index in [-0.39, 0.29) is 17.9 Å². The number of hydrogen-bond donors (Lipinski definition) is 2. The van der Waals surface area contributed by atoms with E-state index in [4.69, 9.17) is 10.5 Å². The first-order chi connectivity index (χ1) is 10.1. The zero-order chi connectivity index (χ0) is 15.7. The molecule has 114 valence electrons. The maximum atomic E-state index is 11.9. The highest BCUT2D eigenvalue weighted by Gasteiger charge is 2.12. The molecule has 1 amide bonds. The topological polar surface area (TPSA) is 64.3 Å². The van der Waals surface area contributed by atoms with Gasteiger partial charge in [0.2, 0.25) is 5.91 Å². The average Bonchev–Trinajstić information content (AvgIpc) is 2.45. The molecule has 1 aromatic carbocycles. The van der Waals surface area contributed by atoms with Crippen molar-refractivity contribution < 1.29 is 9.53 Å². The molecule has 0 heterocycles. The van der Waals surface area contributed by atoms with E-state index < -0.39 is 0 Å². The molecule has 0 spiro atoms. The molecule has 0 aromatic heterocycles. The maximum absolute atomic E-state index is 11.9. The lowest BCUT2D eigenvalue weighted by Crippen LogP contribution is -2.28. The van der Waals surface area contributed by atoms with Gasteiger partial charge in [0.15, 0.2) is 0 Å². The molecule has 1 aromatic rings. The highest BCUT2D eigenvalue weighted by molar-refractivity contribution is 5.76. The van der Waals surface area contributed by atoms with Gasteiger partial charge in [-0.15, -0.1) is 0 Å². The van der Waals surface area contributed by atoms with E-state index in [1.807, 2.05) is 38.1 Å². The molecule has 0 saturated carbocycles. The number of nitrogens with two attached hydrogens (primary N) is 1. The summed E-state index contributed by atoms with van der Waals surface area (Å²) in [5.74, 6) is 6.05. The van der Waals surface area contributed by atoms with Crippen LogP contribution in [0.1, 0.15) is 37.4 Å². The Morgan fingerprint density at radius 1 is 1.33 bits per heavy atom. The van der Waals surface area contributed by atoms with Crippen LogP contribution in [-0.2, 0) is 9.53 Å². The molecule has 2 atom stereocenters. The quantitative estimate of drug-likeness (QED) is 0.785. The highest BCUT2D eigenvalue weighted by Crippen LogP contribution is 2.14. The second kappa shape index (κ2) is 9.17. The molecule has 0 fully saturated rings. The highest BCUT2D eigenvalue weighted by atomic mass is 16.5. The summed E-state index contributed by atoms with van der Waals surface area (Å²) in [6.07, 6.45) is 0.470. The van der Waals surface area contributed by atoms with Gasteiger partial charge in [-0.05, 0) is 30.5 Å². The Labute approximate surface area is 127 Å². The van der Waals surface area contributed by atoms with E-state index in [0.717, 1.165) is 11.1 Å². The van der Waals surface area contributed by atoms with Crippen molar-refractivity contribution in [3.8, 4) is 11.8 Å². The van der Waals surface area contributed by atoms with Gasteiger partial charge in [0, 0.05) is 25.7 Å². The molecular formula is C17H24N2O2. The Balaban J connectivity index is 2.55. The summed E-state index contributed by atoms with van der Waals surface area (Å²) in [4.78, 5) is 11.9. The average molecular weight is 288 g/mol. The Morgan fingerprint density at radius 2 is 2.00 bits per heavy atom. The molecule has 0 aliphatic carbocycles. The van der Waals surface area contributed by atoms with Gasteiger partial charge in [-0.1, -0.05) is 30.9 Å². The number of rotatable bonds is 6. The van der Waals surface area contributed by atoms with Crippen LogP contribution in [0.2, 0.25) is 0 Å². The van der Waals surface area contributed by atoms with E-state index in [1.54, 1.807) is 7.11 Å². The number of methoxy groups -OCH3 is 1. The van der Waals surface area contributed by atoms with E-state index in [9.17, 15) is 4.79 Å². The zero-order valence-corrected chi connectivity index (χ0v) is 13.0. The number of carbonyl (C=O) groups excluding carboxylic acids is 1. The Kier molecular flexibility index (Phi) is 7.52. The molecule has 0 bridgehead atoms. The summed E-state index contributed by atoms with van der Waals surface area (Å²) < 4.78 is 5.04. The third-order valence-corrected chi connectivity index (χ3v) is 3.11. The predicted molar refractivity (Wildman–Crippen MR) is 84.6 cm³/mol. The van der Waals surface area contributed by atoms with Crippen molar-refractivity contribution in [2.45, 2.75) is 26.3 Å². The summed E-state index contributed by atoms with van der Waals surface area (Å²) in [6, 6.07) is 7.81. The summed E-state index contributed by atoms with van der Waals surface area (Å²) >= 11 is 0. The van der Waals surface area contributed by atoms with Crippen LogP contribution in [0.15, 0.2) is 24.3 Å². The molecule has 0 saturated heterocycles. The minimum atomic E-state index is -0.0243. The maximum Gasteiger partial charge on any atom is 0.220 e. The number of hydrogen-bond acceptors (Lipinski definition) is 3.